The highest BCUT2D eigenvalue weighted by atomic mass is 35.5. The van der Waals surface area contributed by atoms with Gasteiger partial charge in [0.25, 0.3) is 0 Å². The molecule has 8 nitrogen and oxygen atoms in total. The topological polar surface area (TPSA) is 108 Å². The minimum Gasteiger partial charge on any atom is -0.488 e. The first-order valence-electron chi connectivity index (χ1n) is 15.6. The number of carboxylic acid groups (broad SMARTS) is 1. The van der Waals surface area contributed by atoms with E-state index in [2.05, 4.69) is 10.1 Å². The number of halogens is 2. The molecule has 0 aliphatic heterocycles. The molecule has 5 aliphatic carbocycles. The Morgan fingerprint density at radius 3 is 2.34 bits per heavy atom. The van der Waals surface area contributed by atoms with Crippen LogP contribution in [0.2, 0.25) is 10.0 Å². The van der Waals surface area contributed by atoms with Crippen LogP contribution >= 0.6 is 23.2 Å². The highest BCUT2D eigenvalue weighted by Gasteiger charge is 2.51. The standard InChI is InChI=1S/C34H33Cl2N3O5/c35-24-16-37-17-25(36)28(24)30-23(31(44-39-30)19-4-5-19)18-42-34-13-10-33(11-14-34,12-15-34)27-9-7-21-22(32(40)41)6-8-26(29(21)38-27)43-20-2-1-3-20/h6-9,16-17,19-20H,1-5,10-15,18H2,(H,40,41). The maximum Gasteiger partial charge on any atom is 0.336 e. The van der Waals surface area contributed by atoms with E-state index in [1.807, 2.05) is 12.1 Å². The van der Waals surface area contributed by atoms with E-state index in [-0.39, 0.29) is 22.7 Å². The zero-order valence-corrected chi connectivity index (χ0v) is 25.8. The summed E-state index contributed by atoms with van der Waals surface area (Å²) < 4.78 is 19.0. The molecule has 0 spiro atoms. The molecular weight excluding hydrogens is 601 g/mol. The second-order valence-corrected chi connectivity index (χ2v) is 13.9. The van der Waals surface area contributed by atoms with Gasteiger partial charge < -0.3 is 19.1 Å². The quantitative estimate of drug-likeness (QED) is 0.195. The van der Waals surface area contributed by atoms with Crippen LogP contribution in [0.25, 0.3) is 22.2 Å². The van der Waals surface area contributed by atoms with Gasteiger partial charge >= 0.3 is 5.97 Å². The van der Waals surface area contributed by atoms with Crippen molar-refractivity contribution >= 4 is 40.1 Å². The van der Waals surface area contributed by atoms with Crippen molar-refractivity contribution in [3.8, 4) is 17.0 Å². The zero-order chi connectivity index (χ0) is 30.1. The smallest absolute Gasteiger partial charge is 0.336 e. The van der Waals surface area contributed by atoms with Crippen LogP contribution in [-0.2, 0) is 16.8 Å². The number of nitrogens with zero attached hydrogens (tertiary/aromatic N) is 3. The molecule has 1 aromatic carbocycles. The fourth-order valence-corrected chi connectivity index (χ4v) is 7.92. The molecule has 0 radical (unpaired) electrons. The highest BCUT2D eigenvalue weighted by molar-refractivity contribution is 6.38. The van der Waals surface area contributed by atoms with Crippen LogP contribution in [0.15, 0.2) is 41.2 Å². The Balaban J connectivity index is 1.05. The highest BCUT2D eigenvalue weighted by Crippen LogP contribution is 2.56. The van der Waals surface area contributed by atoms with Crippen molar-refractivity contribution < 1.29 is 23.9 Å². The third-order valence-corrected chi connectivity index (χ3v) is 11.1. The van der Waals surface area contributed by atoms with Gasteiger partial charge in [0.15, 0.2) is 0 Å². The summed E-state index contributed by atoms with van der Waals surface area (Å²) in [6, 6.07) is 7.38. The summed E-state index contributed by atoms with van der Waals surface area (Å²) in [5.74, 6) is 0.963. The number of hydrogen-bond acceptors (Lipinski definition) is 7. The van der Waals surface area contributed by atoms with Gasteiger partial charge in [0, 0.05) is 45.9 Å². The van der Waals surface area contributed by atoms with Crippen LogP contribution < -0.4 is 4.74 Å². The Kier molecular flexibility index (Phi) is 6.88. The minimum atomic E-state index is -0.954. The average molecular weight is 635 g/mol. The Labute approximate surface area is 265 Å². The summed E-state index contributed by atoms with van der Waals surface area (Å²) in [7, 11) is 0. The Morgan fingerprint density at radius 2 is 1.70 bits per heavy atom. The van der Waals surface area contributed by atoms with Crippen LogP contribution in [-0.4, -0.2) is 37.9 Å². The van der Waals surface area contributed by atoms with Crippen molar-refractivity contribution in [2.75, 3.05) is 0 Å². The summed E-state index contributed by atoms with van der Waals surface area (Å²) in [5, 5.41) is 15.7. The van der Waals surface area contributed by atoms with Gasteiger partial charge in [0.05, 0.1) is 33.9 Å². The predicted octanol–water partition coefficient (Wildman–Crippen LogP) is 8.66. The first kappa shape index (κ1) is 28.3. The molecule has 9 rings (SSSR count). The molecule has 0 atom stereocenters. The summed E-state index contributed by atoms with van der Waals surface area (Å²) in [4.78, 5) is 21.2. The lowest BCUT2D eigenvalue weighted by atomic mass is 9.57. The Morgan fingerprint density at radius 1 is 0.977 bits per heavy atom. The number of pyridine rings is 2. The van der Waals surface area contributed by atoms with Crippen molar-refractivity contribution in [2.45, 2.75) is 100 Å². The van der Waals surface area contributed by atoms with E-state index in [9.17, 15) is 9.90 Å². The number of fused-ring (bicyclic) bond motifs is 4. The number of aromatic nitrogens is 3. The molecule has 0 amide bonds. The van der Waals surface area contributed by atoms with Crippen LogP contribution in [0.3, 0.4) is 0 Å². The van der Waals surface area contributed by atoms with Crippen molar-refractivity contribution in [3.63, 3.8) is 0 Å². The number of benzene rings is 1. The molecular formula is C34H33Cl2N3O5. The lowest BCUT2D eigenvalue weighted by Crippen LogP contribution is -2.50. The van der Waals surface area contributed by atoms with E-state index >= 15 is 0 Å². The molecule has 0 saturated heterocycles. The Hall–Kier alpha value is -3.20. The Bertz CT molecular complexity index is 1740. The van der Waals surface area contributed by atoms with E-state index in [1.165, 1.54) is 0 Å². The van der Waals surface area contributed by atoms with Crippen LogP contribution in [0.5, 0.6) is 5.75 Å². The summed E-state index contributed by atoms with van der Waals surface area (Å²) in [5.41, 5.74) is 3.86. The van der Waals surface area contributed by atoms with Crippen molar-refractivity contribution in [3.05, 3.63) is 69.3 Å². The maximum absolute atomic E-state index is 12.0. The van der Waals surface area contributed by atoms with Crippen molar-refractivity contribution in [1.29, 1.82) is 0 Å². The number of ether oxygens (including phenoxy) is 2. The molecule has 3 aromatic heterocycles. The molecule has 228 valence electrons. The van der Waals surface area contributed by atoms with E-state index in [1.54, 1.807) is 24.5 Å². The predicted molar refractivity (Wildman–Crippen MR) is 166 cm³/mol. The van der Waals surface area contributed by atoms with Crippen LogP contribution in [0.1, 0.15) is 104 Å². The number of rotatable bonds is 9. The van der Waals surface area contributed by atoms with E-state index in [0.29, 0.717) is 50.5 Å². The molecule has 4 aromatic rings. The number of hydrogen-bond donors (Lipinski definition) is 1. The lowest BCUT2D eigenvalue weighted by molar-refractivity contribution is -0.127. The van der Waals surface area contributed by atoms with Crippen molar-refractivity contribution in [1.82, 2.24) is 15.1 Å². The average Bonchev–Trinajstić information content (AvgIpc) is 3.78. The fourth-order valence-electron chi connectivity index (χ4n) is 7.38. The van der Waals surface area contributed by atoms with E-state index in [4.69, 9.17) is 42.2 Å². The molecule has 1 N–H and O–H groups in total. The molecule has 44 heavy (non-hydrogen) atoms. The van der Waals surface area contributed by atoms with Gasteiger partial charge in [0.2, 0.25) is 0 Å². The summed E-state index contributed by atoms with van der Waals surface area (Å²) in [6.07, 6.45) is 14.3. The normalized spacial score (nSPS) is 24.9. The van der Waals surface area contributed by atoms with Gasteiger partial charge in [-0.05, 0) is 94.9 Å². The number of carbonyl (C=O) groups is 1. The lowest BCUT2D eigenvalue weighted by Gasteiger charge is -2.53. The van der Waals surface area contributed by atoms with E-state index < -0.39 is 5.97 Å². The van der Waals surface area contributed by atoms with Crippen molar-refractivity contribution in [2.24, 2.45) is 0 Å². The van der Waals surface area contributed by atoms with Gasteiger partial charge in [-0.3, -0.25) is 4.98 Å². The molecule has 2 bridgehead atoms. The third-order valence-electron chi connectivity index (χ3n) is 10.5. The van der Waals surface area contributed by atoms with Crippen LogP contribution in [0, 0.1) is 0 Å². The maximum atomic E-state index is 12.0. The fraction of sp³-hybridized carbons (Fsp3) is 0.471. The van der Waals surface area contributed by atoms with Gasteiger partial charge in [-0.2, -0.15) is 0 Å². The first-order chi connectivity index (χ1) is 21.3. The summed E-state index contributed by atoms with van der Waals surface area (Å²) >= 11 is 13.0. The van der Waals surface area contributed by atoms with E-state index in [0.717, 1.165) is 87.6 Å². The van der Waals surface area contributed by atoms with Gasteiger partial charge in [0.1, 0.15) is 22.7 Å². The number of aromatic carboxylic acids is 1. The van der Waals surface area contributed by atoms with Crippen LogP contribution in [0.4, 0.5) is 0 Å². The zero-order valence-electron chi connectivity index (χ0n) is 24.3. The monoisotopic (exact) mass is 633 g/mol. The molecule has 10 heteroatoms. The second-order valence-electron chi connectivity index (χ2n) is 13.1. The van der Waals surface area contributed by atoms with Gasteiger partial charge in [-0.15, -0.1) is 0 Å². The first-order valence-corrected chi connectivity index (χ1v) is 16.4. The molecule has 5 fully saturated rings. The van der Waals surface area contributed by atoms with Gasteiger partial charge in [-0.25, -0.2) is 9.78 Å². The SMILES string of the molecule is O=C(O)c1ccc(OC2CCC2)c2nc(C34CCC(OCc5c(-c6c(Cl)cncc6Cl)noc5C5CC5)(CC3)CC4)ccc12. The second kappa shape index (κ2) is 10.7. The number of carboxylic acids is 1. The molecule has 0 unspecified atom stereocenters. The van der Waals surface area contributed by atoms with Gasteiger partial charge in [-0.1, -0.05) is 28.4 Å². The third kappa shape index (κ3) is 4.77. The molecule has 5 saturated carbocycles. The molecule has 3 heterocycles. The largest absolute Gasteiger partial charge is 0.488 e. The minimum absolute atomic E-state index is 0.0636. The summed E-state index contributed by atoms with van der Waals surface area (Å²) in [6.45, 7) is 0.390. The molecule has 5 aliphatic rings.